The molecule has 0 aliphatic heterocycles. The number of carbonyl (C=O) groups is 1. The Balaban J connectivity index is 1.54. The molecule has 160 valence electrons. The van der Waals surface area contributed by atoms with E-state index < -0.39 is 6.10 Å². The van der Waals surface area contributed by atoms with Crippen LogP contribution in [0.3, 0.4) is 0 Å². The Hall–Kier alpha value is -3.51. The molecule has 0 saturated carbocycles. The molecule has 3 rings (SSSR count). The maximum absolute atomic E-state index is 12.2. The molecule has 1 atom stereocenters. The van der Waals surface area contributed by atoms with Gasteiger partial charge in [-0.25, -0.2) is 5.43 Å². The lowest BCUT2D eigenvalue weighted by molar-refractivity contribution is -0.127. The van der Waals surface area contributed by atoms with Crippen molar-refractivity contribution in [3.63, 3.8) is 0 Å². The topological polar surface area (TPSA) is 69.2 Å². The summed E-state index contributed by atoms with van der Waals surface area (Å²) in [4.78, 5) is 12.2. The number of methoxy groups -OCH3 is 1. The van der Waals surface area contributed by atoms with Crippen LogP contribution in [0.25, 0.3) is 0 Å². The van der Waals surface area contributed by atoms with Crippen LogP contribution in [0.4, 0.5) is 0 Å². The van der Waals surface area contributed by atoms with E-state index in [1.807, 2.05) is 36.4 Å². The van der Waals surface area contributed by atoms with Crippen molar-refractivity contribution in [2.45, 2.75) is 19.6 Å². The Morgan fingerprint density at radius 1 is 1.06 bits per heavy atom. The number of rotatable bonds is 9. The summed E-state index contributed by atoms with van der Waals surface area (Å²) >= 11 is 5.84. The van der Waals surface area contributed by atoms with E-state index in [0.717, 1.165) is 11.1 Å². The average Bonchev–Trinajstić information content (AvgIpc) is 2.80. The number of nitrogens with one attached hydrogen (secondary N) is 1. The summed E-state index contributed by atoms with van der Waals surface area (Å²) < 4.78 is 16.8. The number of hydrogen-bond acceptors (Lipinski definition) is 5. The van der Waals surface area contributed by atoms with Gasteiger partial charge in [0.1, 0.15) is 12.4 Å². The highest BCUT2D eigenvalue weighted by molar-refractivity contribution is 6.30. The summed E-state index contributed by atoms with van der Waals surface area (Å²) in [6, 6.07) is 22.1. The first-order chi connectivity index (χ1) is 15.0. The van der Waals surface area contributed by atoms with Crippen molar-refractivity contribution in [1.82, 2.24) is 5.43 Å². The first-order valence-electron chi connectivity index (χ1n) is 9.65. The molecule has 0 aliphatic rings. The fraction of sp³-hybridized carbons (Fsp3) is 0.167. The molecule has 0 bridgehead atoms. The Bertz CT molecular complexity index is 1020. The summed E-state index contributed by atoms with van der Waals surface area (Å²) in [6.45, 7) is 2.08. The van der Waals surface area contributed by atoms with Crippen LogP contribution in [0.15, 0.2) is 77.9 Å². The van der Waals surface area contributed by atoms with Gasteiger partial charge in [-0.1, -0.05) is 41.9 Å². The van der Waals surface area contributed by atoms with Gasteiger partial charge in [-0.2, -0.15) is 5.10 Å². The summed E-state index contributed by atoms with van der Waals surface area (Å²) in [5.41, 5.74) is 4.28. The molecule has 1 N–H and O–H groups in total. The number of carbonyl (C=O) groups excluding carboxylic acids is 1. The van der Waals surface area contributed by atoms with Gasteiger partial charge in [0.25, 0.3) is 5.91 Å². The summed E-state index contributed by atoms with van der Waals surface area (Å²) in [5, 5.41) is 4.59. The monoisotopic (exact) mass is 438 g/mol. The van der Waals surface area contributed by atoms with E-state index in [0.29, 0.717) is 28.9 Å². The standard InChI is InChI=1S/C24H23ClN2O4/c1-17(31-21-11-9-20(25)10-12-21)24(28)27-26-15-19-8-13-22(23(14-19)29-2)30-16-18-6-4-3-5-7-18/h3-15,17H,16H2,1-2H3,(H,27,28)/b26-15-/t17-/m0/s1. The highest BCUT2D eigenvalue weighted by Gasteiger charge is 2.14. The summed E-state index contributed by atoms with van der Waals surface area (Å²) in [7, 11) is 1.57. The van der Waals surface area contributed by atoms with Crippen molar-refractivity contribution < 1.29 is 19.0 Å². The zero-order valence-corrected chi connectivity index (χ0v) is 18.0. The highest BCUT2D eigenvalue weighted by atomic mass is 35.5. The number of amides is 1. The molecule has 0 heterocycles. The molecule has 7 heteroatoms. The van der Waals surface area contributed by atoms with Gasteiger partial charge in [0.05, 0.1) is 13.3 Å². The minimum Gasteiger partial charge on any atom is -0.493 e. The van der Waals surface area contributed by atoms with Crippen LogP contribution < -0.4 is 19.6 Å². The Morgan fingerprint density at radius 3 is 2.52 bits per heavy atom. The zero-order valence-electron chi connectivity index (χ0n) is 17.2. The maximum atomic E-state index is 12.2. The molecule has 0 aromatic heterocycles. The quantitative estimate of drug-likeness (QED) is 0.383. The van der Waals surface area contributed by atoms with Gasteiger partial charge in [-0.15, -0.1) is 0 Å². The second kappa shape index (κ2) is 11.0. The number of hydrazone groups is 1. The predicted octanol–water partition coefficient (Wildman–Crippen LogP) is 4.85. The number of benzene rings is 3. The van der Waals surface area contributed by atoms with Crippen molar-refractivity contribution in [2.75, 3.05) is 7.11 Å². The summed E-state index contributed by atoms with van der Waals surface area (Å²) in [6.07, 6.45) is 0.803. The third kappa shape index (κ3) is 6.76. The largest absolute Gasteiger partial charge is 0.493 e. The molecule has 0 fully saturated rings. The molecule has 31 heavy (non-hydrogen) atoms. The highest BCUT2D eigenvalue weighted by Crippen LogP contribution is 2.28. The Kier molecular flexibility index (Phi) is 7.90. The van der Waals surface area contributed by atoms with Gasteiger partial charge in [0, 0.05) is 5.02 Å². The fourth-order valence-corrected chi connectivity index (χ4v) is 2.78. The minimum absolute atomic E-state index is 0.374. The summed E-state index contributed by atoms with van der Waals surface area (Å²) in [5.74, 6) is 1.37. The van der Waals surface area contributed by atoms with Crippen molar-refractivity contribution in [3.8, 4) is 17.2 Å². The molecule has 3 aromatic carbocycles. The predicted molar refractivity (Wildman–Crippen MR) is 121 cm³/mol. The molecule has 0 radical (unpaired) electrons. The Morgan fingerprint density at radius 2 is 1.81 bits per heavy atom. The minimum atomic E-state index is -0.721. The first kappa shape index (κ1) is 22.2. The molecule has 6 nitrogen and oxygen atoms in total. The van der Waals surface area contributed by atoms with Gasteiger partial charge in [-0.05, 0) is 60.5 Å². The molecule has 3 aromatic rings. The van der Waals surface area contributed by atoms with Crippen LogP contribution in [0.1, 0.15) is 18.1 Å². The number of halogens is 1. The molecule has 0 aliphatic carbocycles. The lowest BCUT2D eigenvalue weighted by Gasteiger charge is -2.13. The number of hydrogen-bond donors (Lipinski definition) is 1. The molecule has 0 unspecified atom stereocenters. The first-order valence-corrected chi connectivity index (χ1v) is 10.0. The lowest BCUT2D eigenvalue weighted by atomic mass is 10.2. The fourth-order valence-electron chi connectivity index (χ4n) is 2.65. The van der Waals surface area contributed by atoms with E-state index in [1.165, 1.54) is 6.21 Å². The zero-order chi connectivity index (χ0) is 22.1. The van der Waals surface area contributed by atoms with Gasteiger partial charge >= 0.3 is 0 Å². The van der Waals surface area contributed by atoms with Crippen molar-refractivity contribution in [3.05, 3.63) is 88.9 Å². The van der Waals surface area contributed by atoms with Crippen LogP contribution in [-0.2, 0) is 11.4 Å². The van der Waals surface area contributed by atoms with Gasteiger partial charge in [-0.3, -0.25) is 4.79 Å². The van der Waals surface area contributed by atoms with E-state index >= 15 is 0 Å². The third-order valence-electron chi connectivity index (χ3n) is 4.31. The van der Waals surface area contributed by atoms with Crippen LogP contribution in [0, 0.1) is 0 Å². The third-order valence-corrected chi connectivity index (χ3v) is 4.56. The van der Waals surface area contributed by atoms with E-state index in [-0.39, 0.29) is 5.91 Å². The number of ether oxygens (including phenoxy) is 3. The van der Waals surface area contributed by atoms with Crippen LogP contribution in [0.2, 0.25) is 5.02 Å². The molecule has 0 saturated heterocycles. The van der Waals surface area contributed by atoms with Gasteiger partial charge in [0.15, 0.2) is 17.6 Å². The smallest absolute Gasteiger partial charge is 0.280 e. The molecular weight excluding hydrogens is 416 g/mol. The normalized spacial score (nSPS) is 11.7. The molecule has 1 amide bonds. The Labute approximate surface area is 186 Å². The van der Waals surface area contributed by atoms with E-state index in [9.17, 15) is 4.79 Å². The molecule has 0 spiro atoms. The maximum Gasteiger partial charge on any atom is 0.280 e. The average molecular weight is 439 g/mol. The number of nitrogens with zero attached hydrogens (tertiary/aromatic N) is 1. The van der Waals surface area contributed by atoms with Crippen molar-refractivity contribution in [2.24, 2.45) is 5.10 Å². The van der Waals surface area contributed by atoms with Crippen LogP contribution >= 0.6 is 11.6 Å². The van der Waals surface area contributed by atoms with Crippen molar-refractivity contribution >= 4 is 23.7 Å². The van der Waals surface area contributed by atoms with Gasteiger partial charge in [0.2, 0.25) is 0 Å². The van der Waals surface area contributed by atoms with Gasteiger partial charge < -0.3 is 14.2 Å². The SMILES string of the molecule is COc1cc(/C=N\NC(=O)[C@H](C)Oc2ccc(Cl)cc2)ccc1OCc1ccccc1. The van der Waals surface area contributed by atoms with E-state index in [1.54, 1.807) is 50.4 Å². The van der Waals surface area contributed by atoms with Crippen LogP contribution in [0.5, 0.6) is 17.2 Å². The van der Waals surface area contributed by atoms with E-state index in [4.69, 9.17) is 25.8 Å². The molecular formula is C24H23ClN2O4. The second-order valence-corrected chi connectivity index (χ2v) is 7.07. The second-order valence-electron chi connectivity index (χ2n) is 6.63. The van der Waals surface area contributed by atoms with Crippen molar-refractivity contribution in [1.29, 1.82) is 0 Å². The van der Waals surface area contributed by atoms with Crippen LogP contribution in [-0.4, -0.2) is 25.3 Å². The lowest BCUT2D eigenvalue weighted by Crippen LogP contribution is -2.33. The van der Waals surface area contributed by atoms with E-state index in [2.05, 4.69) is 10.5 Å².